The van der Waals surface area contributed by atoms with Crippen LogP contribution < -0.4 is 4.74 Å². The summed E-state index contributed by atoms with van der Waals surface area (Å²) in [6.07, 6.45) is 2.29. The number of carbonyl (C=O) groups excluding carboxylic acids is 1. The molecule has 1 aromatic heterocycles. The molecule has 25 heavy (non-hydrogen) atoms. The second-order valence-electron chi connectivity index (χ2n) is 7.77. The average molecular weight is 359 g/mol. The van der Waals surface area contributed by atoms with Crippen LogP contribution in [0.2, 0.25) is 0 Å². The lowest BCUT2D eigenvalue weighted by Crippen LogP contribution is -2.32. The lowest BCUT2D eigenvalue weighted by atomic mass is 9.69. The molecule has 4 nitrogen and oxygen atoms in total. The van der Waals surface area contributed by atoms with E-state index >= 15 is 0 Å². The Balaban J connectivity index is 1.83. The molecule has 0 aliphatic heterocycles. The van der Waals surface area contributed by atoms with E-state index in [9.17, 15) is 4.79 Å². The Morgan fingerprint density at radius 3 is 2.36 bits per heavy atom. The molecule has 0 radical (unpaired) electrons. The van der Waals surface area contributed by atoms with E-state index in [0.717, 1.165) is 18.5 Å². The first-order valence-corrected chi connectivity index (χ1v) is 9.51. The van der Waals surface area contributed by atoms with E-state index in [1.165, 1.54) is 4.88 Å². The zero-order chi connectivity index (χ0) is 18.2. The van der Waals surface area contributed by atoms with E-state index in [-0.39, 0.29) is 16.8 Å². The van der Waals surface area contributed by atoms with Crippen molar-refractivity contribution in [3.05, 3.63) is 40.4 Å². The van der Waals surface area contributed by atoms with Gasteiger partial charge in [0.15, 0.2) is 0 Å². The topological polar surface area (TPSA) is 48.4 Å². The third-order valence-electron chi connectivity index (χ3n) is 4.81. The van der Waals surface area contributed by atoms with Crippen LogP contribution >= 0.6 is 11.3 Å². The molecule has 5 heteroatoms. The molecule has 0 atom stereocenters. The fourth-order valence-electron chi connectivity index (χ4n) is 3.09. The molecule has 0 amide bonds. The van der Waals surface area contributed by atoms with Crippen molar-refractivity contribution < 1.29 is 14.3 Å². The number of fused-ring (bicyclic) bond motifs is 1. The molecule has 0 bridgehead atoms. The molecule has 0 fully saturated rings. The summed E-state index contributed by atoms with van der Waals surface area (Å²) in [5, 5.41) is 0.664. The van der Waals surface area contributed by atoms with Gasteiger partial charge in [0, 0.05) is 15.7 Å². The minimum Gasteiger partial charge on any atom is -0.462 e. The van der Waals surface area contributed by atoms with Gasteiger partial charge in [0.25, 0.3) is 5.19 Å². The first-order chi connectivity index (χ1) is 11.7. The van der Waals surface area contributed by atoms with E-state index in [2.05, 4.69) is 27.7 Å². The minimum absolute atomic E-state index is 0.0801. The van der Waals surface area contributed by atoms with Crippen LogP contribution in [-0.2, 0) is 15.6 Å². The fourth-order valence-corrected chi connectivity index (χ4v) is 4.34. The third-order valence-corrected chi connectivity index (χ3v) is 6.11. The molecule has 1 aliphatic carbocycles. The Morgan fingerprint density at radius 1 is 1.12 bits per heavy atom. The monoisotopic (exact) mass is 359 g/mol. The van der Waals surface area contributed by atoms with Crippen molar-refractivity contribution in [1.82, 2.24) is 4.98 Å². The molecular formula is C20H25NO3S. The van der Waals surface area contributed by atoms with Crippen molar-refractivity contribution in [2.75, 3.05) is 6.61 Å². The maximum atomic E-state index is 11.7. The number of rotatable bonds is 4. The van der Waals surface area contributed by atoms with Gasteiger partial charge in [-0.15, -0.1) is 0 Å². The molecule has 2 aromatic rings. The Bertz CT molecular complexity index is 741. The molecule has 0 N–H and O–H groups in total. The summed E-state index contributed by atoms with van der Waals surface area (Å²) in [5.74, 6) is 0.358. The standard InChI is InChI=1S/C20H25NO3S/c1-6-23-17(22)13-7-9-14(10-8-13)24-18-21-15-16(25-18)20(4,5)12-11-19(15,2)3/h7-10H,6,11-12H2,1-5H3. The summed E-state index contributed by atoms with van der Waals surface area (Å²) < 4.78 is 11.0. The van der Waals surface area contributed by atoms with Gasteiger partial charge in [0.05, 0.1) is 17.9 Å². The van der Waals surface area contributed by atoms with Gasteiger partial charge in [-0.3, -0.25) is 0 Å². The number of carbonyl (C=O) groups is 1. The predicted molar refractivity (Wildman–Crippen MR) is 99.9 cm³/mol. The van der Waals surface area contributed by atoms with Crippen LogP contribution in [0.5, 0.6) is 10.9 Å². The zero-order valence-corrected chi connectivity index (χ0v) is 16.3. The first-order valence-electron chi connectivity index (χ1n) is 8.70. The zero-order valence-electron chi connectivity index (χ0n) is 15.5. The van der Waals surface area contributed by atoms with Crippen LogP contribution in [-0.4, -0.2) is 17.6 Å². The van der Waals surface area contributed by atoms with Gasteiger partial charge in [-0.05, 0) is 44.0 Å². The number of hydrogen-bond acceptors (Lipinski definition) is 5. The second-order valence-corrected chi connectivity index (χ2v) is 8.73. The molecule has 0 saturated heterocycles. The van der Waals surface area contributed by atoms with Crippen molar-refractivity contribution >= 4 is 17.3 Å². The van der Waals surface area contributed by atoms with Crippen LogP contribution in [0, 0.1) is 0 Å². The molecule has 0 spiro atoms. The van der Waals surface area contributed by atoms with E-state index in [0.29, 0.717) is 23.1 Å². The predicted octanol–water partition coefficient (Wildman–Crippen LogP) is 5.46. The molecule has 1 aliphatic rings. The van der Waals surface area contributed by atoms with Crippen LogP contribution in [0.25, 0.3) is 0 Å². The Kier molecular flexibility index (Phi) is 4.62. The van der Waals surface area contributed by atoms with Gasteiger partial charge >= 0.3 is 5.97 Å². The van der Waals surface area contributed by atoms with Crippen LogP contribution in [0.15, 0.2) is 24.3 Å². The van der Waals surface area contributed by atoms with Crippen LogP contribution in [0.1, 0.15) is 68.4 Å². The molecule has 0 unspecified atom stereocenters. The van der Waals surface area contributed by atoms with Gasteiger partial charge in [-0.2, -0.15) is 0 Å². The van der Waals surface area contributed by atoms with Crippen molar-refractivity contribution in [3.8, 4) is 10.9 Å². The lowest BCUT2D eigenvalue weighted by molar-refractivity contribution is 0.0526. The maximum Gasteiger partial charge on any atom is 0.338 e. The Labute approximate surface area is 153 Å². The molecular weight excluding hydrogens is 334 g/mol. The molecule has 1 aromatic carbocycles. The number of nitrogens with zero attached hydrogens (tertiary/aromatic N) is 1. The van der Waals surface area contributed by atoms with Crippen molar-refractivity contribution in [1.29, 1.82) is 0 Å². The van der Waals surface area contributed by atoms with Crippen molar-refractivity contribution in [3.63, 3.8) is 0 Å². The van der Waals surface area contributed by atoms with Gasteiger partial charge in [0.2, 0.25) is 0 Å². The highest BCUT2D eigenvalue weighted by molar-refractivity contribution is 7.13. The third kappa shape index (κ3) is 3.56. The first kappa shape index (κ1) is 17.9. The van der Waals surface area contributed by atoms with Crippen LogP contribution in [0.4, 0.5) is 0 Å². The Hall–Kier alpha value is -1.88. The average Bonchev–Trinajstić information content (AvgIpc) is 2.99. The highest BCUT2D eigenvalue weighted by atomic mass is 32.1. The number of thiazole rings is 1. The van der Waals surface area contributed by atoms with Gasteiger partial charge in [-0.25, -0.2) is 9.78 Å². The molecule has 134 valence electrons. The summed E-state index contributed by atoms with van der Waals surface area (Å²) in [4.78, 5) is 17.8. The highest BCUT2D eigenvalue weighted by Crippen LogP contribution is 2.49. The van der Waals surface area contributed by atoms with E-state index in [4.69, 9.17) is 14.5 Å². The molecule has 0 saturated carbocycles. The maximum absolute atomic E-state index is 11.7. The van der Waals surface area contributed by atoms with E-state index in [1.54, 1.807) is 42.5 Å². The summed E-state index contributed by atoms with van der Waals surface area (Å²) >= 11 is 1.63. The van der Waals surface area contributed by atoms with E-state index in [1.807, 2.05) is 0 Å². The fraction of sp³-hybridized carbons (Fsp3) is 0.500. The highest BCUT2D eigenvalue weighted by Gasteiger charge is 2.40. The molecule has 3 rings (SSSR count). The smallest absolute Gasteiger partial charge is 0.338 e. The van der Waals surface area contributed by atoms with Crippen molar-refractivity contribution in [2.45, 2.75) is 58.3 Å². The number of benzene rings is 1. The normalized spacial score (nSPS) is 17.6. The van der Waals surface area contributed by atoms with Crippen molar-refractivity contribution in [2.24, 2.45) is 0 Å². The summed E-state index contributed by atoms with van der Waals surface area (Å²) in [7, 11) is 0. The van der Waals surface area contributed by atoms with E-state index < -0.39 is 0 Å². The summed E-state index contributed by atoms with van der Waals surface area (Å²) in [6, 6.07) is 7.00. The number of esters is 1. The Morgan fingerprint density at radius 2 is 1.76 bits per heavy atom. The second kappa shape index (κ2) is 6.45. The minimum atomic E-state index is -0.317. The lowest BCUT2D eigenvalue weighted by Gasteiger charge is -2.37. The number of ether oxygens (including phenoxy) is 2. The summed E-state index contributed by atoms with van der Waals surface area (Å²) in [5.41, 5.74) is 1.90. The van der Waals surface area contributed by atoms with Gasteiger partial charge in [-0.1, -0.05) is 39.0 Å². The largest absolute Gasteiger partial charge is 0.462 e. The SMILES string of the molecule is CCOC(=O)c1ccc(Oc2nc3c(s2)C(C)(C)CCC3(C)C)cc1. The summed E-state index contributed by atoms with van der Waals surface area (Å²) in [6.45, 7) is 11.2. The number of aromatic nitrogens is 1. The number of hydrogen-bond donors (Lipinski definition) is 0. The molecule has 1 heterocycles. The quantitative estimate of drug-likeness (QED) is 0.680. The van der Waals surface area contributed by atoms with Gasteiger partial charge in [0.1, 0.15) is 5.75 Å². The van der Waals surface area contributed by atoms with Gasteiger partial charge < -0.3 is 9.47 Å². The van der Waals surface area contributed by atoms with Crippen LogP contribution in [0.3, 0.4) is 0 Å².